The predicted molar refractivity (Wildman–Crippen MR) is 110 cm³/mol. The number of rotatable bonds is 4. The van der Waals surface area contributed by atoms with E-state index in [-0.39, 0.29) is 11.5 Å². The van der Waals surface area contributed by atoms with Gasteiger partial charge < -0.3 is 9.55 Å². The third-order valence-electron chi connectivity index (χ3n) is 4.71. The van der Waals surface area contributed by atoms with Crippen molar-refractivity contribution in [1.29, 1.82) is 0 Å². The Kier molecular flexibility index (Phi) is 4.30. The van der Waals surface area contributed by atoms with Gasteiger partial charge in [-0.2, -0.15) is 0 Å². The standard InChI is InChI=1S/C22H24N4O/c1-13(2)12-26-19-11-17-16(25-22(27)20(23-17)14(3)4)10-18(19)24-21(26)15-8-6-5-7-9-15/h5-11,13-14H,12H2,1-4H3,(H,25,27). The van der Waals surface area contributed by atoms with E-state index < -0.39 is 0 Å². The first kappa shape index (κ1) is 17.5. The largest absolute Gasteiger partial charge is 0.324 e. The Bertz CT molecular complexity index is 1170. The number of fused-ring (bicyclic) bond motifs is 2. The number of nitrogens with zero attached hydrogens (tertiary/aromatic N) is 3. The molecule has 0 amide bonds. The molecule has 0 aliphatic carbocycles. The van der Waals surface area contributed by atoms with Crippen molar-refractivity contribution in [1.82, 2.24) is 19.5 Å². The van der Waals surface area contributed by atoms with Gasteiger partial charge in [0.05, 0.1) is 22.1 Å². The van der Waals surface area contributed by atoms with Crippen molar-refractivity contribution >= 4 is 22.1 Å². The lowest BCUT2D eigenvalue weighted by Gasteiger charge is -2.12. The molecular weight excluding hydrogens is 336 g/mol. The summed E-state index contributed by atoms with van der Waals surface area (Å²) >= 11 is 0. The summed E-state index contributed by atoms with van der Waals surface area (Å²) in [5.41, 5.74) is 4.98. The topological polar surface area (TPSA) is 63.6 Å². The van der Waals surface area contributed by atoms with Crippen molar-refractivity contribution in [2.45, 2.75) is 40.2 Å². The van der Waals surface area contributed by atoms with E-state index in [2.05, 4.69) is 40.5 Å². The lowest BCUT2D eigenvalue weighted by atomic mass is 10.1. The zero-order valence-electron chi connectivity index (χ0n) is 16.2. The lowest BCUT2D eigenvalue weighted by Crippen LogP contribution is -2.16. The third kappa shape index (κ3) is 3.14. The van der Waals surface area contributed by atoms with Gasteiger partial charge in [-0.3, -0.25) is 4.79 Å². The second-order valence-electron chi connectivity index (χ2n) is 7.77. The van der Waals surface area contributed by atoms with Crippen molar-refractivity contribution in [2.24, 2.45) is 5.92 Å². The first-order valence-electron chi connectivity index (χ1n) is 9.43. The minimum absolute atomic E-state index is 0.0781. The fourth-order valence-corrected chi connectivity index (χ4v) is 3.47. The quantitative estimate of drug-likeness (QED) is 0.573. The second kappa shape index (κ2) is 6.65. The van der Waals surface area contributed by atoms with E-state index in [0.717, 1.165) is 40.0 Å². The fourth-order valence-electron chi connectivity index (χ4n) is 3.47. The second-order valence-corrected chi connectivity index (χ2v) is 7.77. The Balaban J connectivity index is 2.02. The average molecular weight is 360 g/mol. The minimum atomic E-state index is -0.123. The number of aromatic nitrogens is 4. The normalized spacial score (nSPS) is 11.9. The van der Waals surface area contributed by atoms with Crippen LogP contribution in [0.25, 0.3) is 33.5 Å². The molecule has 4 rings (SSSR count). The maximum atomic E-state index is 12.3. The average Bonchev–Trinajstić information content (AvgIpc) is 2.96. The molecular formula is C22H24N4O. The SMILES string of the molecule is CC(C)Cn1c(-c2ccccc2)nc2cc3[nH]c(=O)c(C(C)C)nc3cc21. The predicted octanol–water partition coefficient (Wildman–Crippen LogP) is 4.72. The Morgan fingerprint density at radius 3 is 2.41 bits per heavy atom. The molecule has 0 atom stereocenters. The van der Waals surface area contributed by atoms with Crippen LogP contribution in [-0.2, 0) is 6.54 Å². The zero-order chi connectivity index (χ0) is 19.1. The number of aromatic amines is 1. The molecule has 0 aliphatic heterocycles. The van der Waals surface area contributed by atoms with E-state index in [9.17, 15) is 4.79 Å². The first-order valence-corrected chi connectivity index (χ1v) is 9.43. The Morgan fingerprint density at radius 2 is 1.74 bits per heavy atom. The fraction of sp³-hybridized carbons (Fsp3) is 0.318. The molecule has 2 aromatic carbocycles. The van der Waals surface area contributed by atoms with Gasteiger partial charge in [0.25, 0.3) is 5.56 Å². The molecule has 0 saturated heterocycles. The Hall–Kier alpha value is -2.95. The summed E-state index contributed by atoms with van der Waals surface area (Å²) in [6.45, 7) is 9.24. The molecule has 5 heteroatoms. The molecule has 0 saturated carbocycles. The summed E-state index contributed by atoms with van der Waals surface area (Å²) in [5, 5.41) is 0. The minimum Gasteiger partial charge on any atom is -0.324 e. The summed E-state index contributed by atoms with van der Waals surface area (Å²) < 4.78 is 2.26. The molecule has 0 spiro atoms. The highest BCUT2D eigenvalue weighted by molar-refractivity contribution is 5.93. The van der Waals surface area contributed by atoms with E-state index in [4.69, 9.17) is 4.98 Å². The van der Waals surface area contributed by atoms with Crippen LogP contribution in [0.4, 0.5) is 0 Å². The maximum absolute atomic E-state index is 12.3. The lowest BCUT2D eigenvalue weighted by molar-refractivity contribution is 0.536. The van der Waals surface area contributed by atoms with Crippen LogP contribution in [0.3, 0.4) is 0 Å². The van der Waals surface area contributed by atoms with Gasteiger partial charge >= 0.3 is 0 Å². The highest BCUT2D eigenvalue weighted by Gasteiger charge is 2.16. The molecule has 4 aromatic rings. The molecule has 0 aliphatic rings. The van der Waals surface area contributed by atoms with Crippen LogP contribution in [0.15, 0.2) is 47.3 Å². The van der Waals surface area contributed by atoms with E-state index in [1.807, 2.05) is 44.2 Å². The van der Waals surface area contributed by atoms with Gasteiger partial charge in [0.15, 0.2) is 0 Å². The molecule has 0 unspecified atom stereocenters. The van der Waals surface area contributed by atoms with Gasteiger partial charge in [0.1, 0.15) is 11.5 Å². The summed E-state index contributed by atoms with van der Waals surface area (Å²) in [5.74, 6) is 1.51. The van der Waals surface area contributed by atoms with E-state index in [1.165, 1.54) is 0 Å². The number of imidazole rings is 1. The van der Waals surface area contributed by atoms with Gasteiger partial charge in [0.2, 0.25) is 0 Å². The maximum Gasteiger partial charge on any atom is 0.270 e. The summed E-state index contributed by atoms with van der Waals surface area (Å²) in [6, 6.07) is 14.2. The van der Waals surface area contributed by atoms with Crippen molar-refractivity contribution in [3.63, 3.8) is 0 Å². The Morgan fingerprint density at radius 1 is 1.00 bits per heavy atom. The summed E-state index contributed by atoms with van der Waals surface area (Å²) in [7, 11) is 0. The van der Waals surface area contributed by atoms with Crippen LogP contribution in [0, 0.1) is 5.92 Å². The van der Waals surface area contributed by atoms with Crippen LogP contribution < -0.4 is 5.56 Å². The Labute approximate surface area is 158 Å². The molecule has 138 valence electrons. The number of benzene rings is 2. The van der Waals surface area contributed by atoms with Gasteiger partial charge in [-0.25, -0.2) is 9.97 Å². The summed E-state index contributed by atoms with van der Waals surface area (Å²) in [4.78, 5) is 24.8. The van der Waals surface area contributed by atoms with E-state index >= 15 is 0 Å². The van der Waals surface area contributed by atoms with Gasteiger partial charge in [0, 0.05) is 18.0 Å². The highest BCUT2D eigenvalue weighted by atomic mass is 16.1. The van der Waals surface area contributed by atoms with Gasteiger partial charge in [-0.15, -0.1) is 0 Å². The zero-order valence-corrected chi connectivity index (χ0v) is 16.2. The first-order chi connectivity index (χ1) is 12.9. The monoisotopic (exact) mass is 360 g/mol. The number of hydrogen-bond donors (Lipinski definition) is 1. The van der Waals surface area contributed by atoms with E-state index in [1.54, 1.807) is 0 Å². The van der Waals surface area contributed by atoms with Crippen molar-refractivity contribution in [3.8, 4) is 11.4 Å². The summed E-state index contributed by atoms with van der Waals surface area (Å²) in [6.07, 6.45) is 0. The number of nitrogens with one attached hydrogen (secondary N) is 1. The van der Waals surface area contributed by atoms with Gasteiger partial charge in [-0.1, -0.05) is 58.0 Å². The van der Waals surface area contributed by atoms with Gasteiger partial charge in [-0.05, 0) is 18.1 Å². The third-order valence-corrected chi connectivity index (χ3v) is 4.71. The van der Waals surface area contributed by atoms with Crippen LogP contribution in [-0.4, -0.2) is 19.5 Å². The van der Waals surface area contributed by atoms with Crippen LogP contribution in [0.5, 0.6) is 0 Å². The molecule has 2 aromatic heterocycles. The highest BCUT2D eigenvalue weighted by Crippen LogP contribution is 2.28. The molecule has 1 N–H and O–H groups in total. The van der Waals surface area contributed by atoms with Crippen molar-refractivity contribution in [2.75, 3.05) is 0 Å². The smallest absolute Gasteiger partial charge is 0.270 e. The molecule has 0 bridgehead atoms. The van der Waals surface area contributed by atoms with Crippen LogP contribution in [0.2, 0.25) is 0 Å². The molecule has 2 heterocycles. The number of H-pyrrole nitrogens is 1. The number of hydrogen-bond acceptors (Lipinski definition) is 3. The molecule has 5 nitrogen and oxygen atoms in total. The molecule has 27 heavy (non-hydrogen) atoms. The molecule has 0 radical (unpaired) electrons. The molecule has 0 fully saturated rings. The van der Waals surface area contributed by atoms with Crippen molar-refractivity contribution < 1.29 is 0 Å². The van der Waals surface area contributed by atoms with Crippen LogP contribution >= 0.6 is 0 Å². The van der Waals surface area contributed by atoms with Crippen molar-refractivity contribution in [3.05, 3.63) is 58.5 Å². The van der Waals surface area contributed by atoms with Crippen LogP contribution in [0.1, 0.15) is 39.3 Å². The van der Waals surface area contributed by atoms with E-state index in [0.29, 0.717) is 11.6 Å².